The molecule has 0 bridgehead atoms. The number of hydrogen-bond donors (Lipinski definition) is 1. The average molecular weight is 217 g/mol. The second-order valence-electron chi connectivity index (χ2n) is 3.80. The Labute approximate surface area is 94.4 Å². The Balaban J connectivity index is 2.41. The quantitative estimate of drug-likeness (QED) is 0.803. The number of carbonyl (C=O) groups excluding carboxylic acids is 1. The van der Waals surface area contributed by atoms with E-state index in [-0.39, 0.29) is 11.9 Å². The number of aromatic nitrogens is 1. The first-order valence-electron chi connectivity index (χ1n) is 5.41. The molecule has 1 heterocycles. The molecule has 0 amide bonds. The first-order valence-corrected chi connectivity index (χ1v) is 5.41. The molecule has 1 aromatic carbocycles. The normalized spacial score (nSPS) is 12.6. The highest BCUT2D eigenvalue weighted by Gasteiger charge is 2.20. The third-order valence-electron chi connectivity index (χ3n) is 2.82. The van der Waals surface area contributed by atoms with Crippen molar-refractivity contribution in [1.29, 1.82) is 0 Å². The van der Waals surface area contributed by atoms with Gasteiger partial charge < -0.3 is 9.72 Å². The van der Waals surface area contributed by atoms with Crippen LogP contribution in [0.3, 0.4) is 0 Å². The molecule has 0 saturated carbocycles. The molecule has 0 fully saturated rings. The predicted octanol–water partition coefficient (Wildman–Crippen LogP) is 2.83. The number of ether oxygens (including phenoxy) is 1. The summed E-state index contributed by atoms with van der Waals surface area (Å²) in [6.45, 7) is 1.98. The van der Waals surface area contributed by atoms with Crippen LogP contribution < -0.4 is 0 Å². The largest absolute Gasteiger partial charge is 0.469 e. The molecule has 2 rings (SSSR count). The second kappa shape index (κ2) is 4.39. The Morgan fingerprint density at radius 3 is 2.81 bits per heavy atom. The SMILES string of the molecule is CCC(C(=O)OC)c1cc2ccccc2[nH]1. The summed E-state index contributed by atoms with van der Waals surface area (Å²) in [4.78, 5) is 14.8. The van der Waals surface area contributed by atoms with Crippen molar-refractivity contribution in [2.24, 2.45) is 0 Å². The van der Waals surface area contributed by atoms with Gasteiger partial charge in [-0.25, -0.2) is 0 Å². The van der Waals surface area contributed by atoms with Crippen molar-refractivity contribution in [2.75, 3.05) is 7.11 Å². The first-order chi connectivity index (χ1) is 7.76. The van der Waals surface area contributed by atoms with E-state index in [1.165, 1.54) is 7.11 Å². The van der Waals surface area contributed by atoms with Gasteiger partial charge in [-0.1, -0.05) is 25.1 Å². The lowest BCUT2D eigenvalue weighted by molar-refractivity contribution is -0.142. The van der Waals surface area contributed by atoms with Crippen molar-refractivity contribution in [3.05, 3.63) is 36.0 Å². The van der Waals surface area contributed by atoms with Gasteiger partial charge in [-0.05, 0) is 23.9 Å². The molecule has 3 heteroatoms. The molecule has 3 nitrogen and oxygen atoms in total. The maximum Gasteiger partial charge on any atom is 0.314 e. The van der Waals surface area contributed by atoms with Crippen LogP contribution in [-0.4, -0.2) is 18.1 Å². The fraction of sp³-hybridized carbons (Fsp3) is 0.308. The Morgan fingerprint density at radius 2 is 2.19 bits per heavy atom. The van der Waals surface area contributed by atoms with Crippen LogP contribution in [0.25, 0.3) is 10.9 Å². The van der Waals surface area contributed by atoms with Crippen LogP contribution in [0.1, 0.15) is 25.0 Å². The Kier molecular flexibility index (Phi) is 2.95. The molecular formula is C13H15NO2. The molecule has 2 aromatic rings. The van der Waals surface area contributed by atoms with Crippen molar-refractivity contribution in [3.63, 3.8) is 0 Å². The van der Waals surface area contributed by atoms with Gasteiger partial charge in [0.05, 0.1) is 13.0 Å². The van der Waals surface area contributed by atoms with Gasteiger partial charge in [-0.3, -0.25) is 4.79 Å². The highest BCUT2D eigenvalue weighted by atomic mass is 16.5. The zero-order valence-electron chi connectivity index (χ0n) is 9.49. The topological polar surface area (TPSA) is 42.1 Å². The molecule has 16 heavy (non-hydrogen) atoms. The van der Waals surface area contributed by atoms with E-state index < -0.39 is 0 Å². The second-order valence-corrected chi connectivity index (χ2v) is 3.80. The van der Waals surface area contributed by atoms with Crippen molar-refractivity contribution in [2.45, 2.75) is 19.3 Å². The summed E-state index contributed by atoms with van der Waals surface area (Å²) in [6, 6.07) is 10.0. The monoisotopic (exact) mass is 217 g/mol. The number of carbonyl (C=O) groups is 1. The van der Waals surface area contributed by atoms with E-state index in [0.717, 1.165) is 23.0 Å². The van der Waals surface area contributed by atoms with Crippen LogP contribution in [0, 0.1) is 0 Å². The van der Waals surface area contributed by atoms with E-state index in [1.54, 1.807) is 0 Å². The van der Waals surface area contributed by atoms with Crippen LogP contribution in [0.4, 0.5) is 0 Å². The molecule has 0 radical (unpaired) electrons. The molecule has 0 saturated heterocycles. The molecule has 1 atom stereocenters. The third-order valence-corrected chi connectivity index (χ3v) is 2.82. The third kappa shape index (κ3) is 1.81. The molecule has 0 aliphatic carbocycles. The summed E-state index contributed by atoms with van der Waals surface area (Å²) in [5.41, 5.74) is 1.98. The number of methoxy groups -OCH3 is 1. The number of benzene rings is 1. The minimum Gasteiger partial charge on any atom is -0.469 e. The molecule has 1 aromatic heterocycles. The number of para-hydroxylation sites is 1. The number of fused-ring (bicyclic) bond motifs is 1. The van der Waals surface area contributed by atoms with Crippen LogP contribution in [0.15, 0.2) is 30.3 Å². The van der Waals surface area contributed by atoms with Gasteiger partial charge in [-0.15, -0.1) is 0 Å². The minimum atomic E-state index is -0.197. The summed E-state index contributed by atoms with van der Waals surface area (Å²) < 4.78 is 4.79. The van der Waals surface area contributed by atoms with Crippen molar-refractivity contribution in [3.8, 4) is 0 Å². The molecule has 1 unspecified atom stereocenters. The fourth-order valence-electron chi connectivity index (χ4n) is 1.94. The average Bonchev–Trinajstić information content (AvgIpc) is 2.72. The summed E-state index contributed by atoms with van der Waals surface area (Å²) in [5.74, 6) is -0.383. The van der Waals surface area contributed by atoms with E-state index in [4.69, 9.17) is 4.74 Å². The first kappa shape index (κ1) is 10.7. The summed E-state index contributed by atoms with van der Waals surface area (Å²) >= 11 is 0. The zero-order chi connectivity index (χ0) is 11.5. The van der Waals surface area contributed by atoms with Crippen LogP contribution in [0.5, 0.6) is 0 Å². The lowest BCUT2D eigenvalue weighted by Crippen LogP contribution is -2.13. The van der Waals surface area contributed by atoms with Crippen LogP contribution >= 0.6 is 0 Å². The lowest BCUT2D eigenvalue weighted by atomic mass is 10.0. The summed E-state index contributed by atoms with van der Waals surface area (Å²) in [7, 11) is 1.42. The number of H-pyrrole nitrogens is 1. The van der Waals surface area contributed by atoms with Gasteiger partial charge in [0.25, 0.3) is 0 Å². The predicted molar refractivity (Wildman–Crippen MR) is 63.3 cm³/mol. The van der Waals surface area contributed by atoms with Crippen LogP contribution in [-0.2, 0) is 9.53 Å². The van der Waals surface area contributed by atoms with Gasteiger partial charge in [0, 0.05) is 11.2 Å². The highest BCUT2D eigenvalue weighted by molar-refractivity contribution is 5.84. The molecule has 84 valence electrons. The number of hydrogen-bond acceptors (Lipinski definition) is 2. The van der Waals surface area contributed by atoms with Crippen molar-refractivity contribution < 1.29 is 9.53 Å². The molecular weight excluding hydrogens is 202 g/mol. The van der Waals surface area contributed by atoms with Crippen LogP contribution in [0.2, 0.25) is 0 Å². The molecule has 0 aliphatic heterocycles. The zero-order valence-corrected chi connectivity index (χ0v) is 9.49. The van der Waals surface area contributed by atoms with Crippen molar-refractivity contribution >= 4 is 16.9 Å². The number of aromatic amines is 1. The Morgan fingerprint density at radius 1 is 1.44 bits per heavy atom. The molecule has 0 aliphatic rings. The van der Waals surface area contributed by atoms with E-state index in [9.17, 15) is 4.79 Å². The maximum absolute atomic E-state index is 11.6. The Hall–Kier alpha value is -1.77. The highest BCUT2D eigenvalue weighted by Crippen LogP contribution is 2.24. The van der Waals surface area contributed by atoms with Gasteiger partial charge in [-0.2, -0.15) is 0 Å². The van der Waals surface area contributed by atoms with Gasteiger partial charge >= 0.3 is 5.97 Å². The van der Waals surface area contributed by atoms with E-state index >= 15 is 0 Å². The van der Waals surface area contributed by atoms with E-state index in [0.29, 0.717) is 0 Å². The standard InChI is InChI=1S/C13H15NO2/c1-3-10(13(15)16-2)12-8-9-6-4-5-7-11(9)14-12/h4-8,10,14H,3H2,1-2H3. The Bertz CT molecular complexity index is 468. The van der Waals surface area contributed by atoms with Crippen molar-refractivity contribution in [1.82, 2.24) is 4.98 Å². The smallest absolute Gasteiger partial charge is 0.314 e. The summed E-state index contributed by atoms with van der Waals surface area (Å²) in [5, 5.41) is 1.12. The number of esters is 1. The number of rotatable bonds is 3. The number of nitrogens with one attached hydrogen (secondary N) is 1. The fourth-order valence-corrected chi connectivity index (χ4v) is 1.94. The molecule has 1 N–H and O–H groups in total. The van der Waals surface area contributed by atoms with Gasteiger partial charge in [0.2, 0.25) is 0 Å². The van der Waals surface area contributed by atoms with E-state index in [2.05, 4.69) is 4.98 Å². The van der Waals surface area contributed by atoms with Gasteiger partial charge in [0.15, 0.2) is 0 Å². The summed E-state index contributed by atoms with van der Waals surface area (Å²) in [6.07, 6.45) is 0.736. The minimum absolute atomic E-state index is 0.186. The molecule has 0 spiro atoms. The van der Waals surface area contributed by atoms with Gasteiger partial charge in [0.1, 0.15) is 0 Å². The maximum atomic E-state index is 11.6. The van der Waals surface area contributed by atoms with E-state index in [1.807, 2.05) is 37.3 Å². The lowest BCUT2D eigenvalue weighted by Gasteiger charge is -2.09.